The summed E-state index contributed by atoms with van der Waals surface area (Å²) in [5.74, 6) is 2.21. The Morgan fingerprint density at radius 1 is 1.28 bits per heavy atom. The van der Waals surface area contributed by atoms with Crippen LogP contribution >= 0.6 is 11.5 Å². The number of aromatic nitrogens is 2. The minimum atomic E-state index is 0.246. The summed E-state index contributed by atoms with van der Waals surface area (Å²) < 4.78 is 4.41. The van der Waals surface area contributed by atoms with Crippen molar-refractivity contribution in [3.05, 3.63) is 5.82 Å². The Balaban J connectivity index is 1.30. The third-order valence-corrected chi connectivity index (χ3v) is 4.61. The third kappa shape index (κ3) is 1.98. The van der Waals surface area contributed by atoms with Gasteiger partial charge in [-0.2, -0.15) is 4.37 Å². The molecule has 3 fully saturated rings. The van der Waals surface area contributed by atoms with Crippen molar-refractivity contribution in [2.75, 3.05) is 18.0 Å². The lowest BCUT2D eigenvalue weighted by Crippen LogP contribution is -2.59. The fourth-order valence-electron chi connectivity index (χ4n) is 2.25. The fourth-order valence-corrected chi connectivity index (χ4v) is 3.02. The minimum absolute atomic E-state index is 0.246. The van der Waals surface area contributed by atoms with E-state index in [0.717, 1.165) is 36.9 Å². The molecule has 2 aliphatic carbocycles. The summed E-state index contributed by atoms with van der Waals surface area (Å²) in [6, 6.07) is 0.311. The van der Waals surface area contributed by atoms with E-state index in [4.69, 9.17) is 0 Å². The molecule has 18 heavy (non-hydrogen) atoms. The first kappa shape index (κ1) is 10.7. The van der Waals surface area contributed by atoms with E-state index in [9.17, 15) is 4.79 Å². The molecule has 1 aromatic rings. The van der Waals surface area contributed by atoms with Crippen LogP contribution in [0.3, 0.4) is 0 Å². The number of nitrogens with one attached hydrogen (secondary N) is 1. The van der Waals surface area contributed by atoms with Crippen LogP contribution in [-0.4, -0.2) is 34.4 Å². The second kappa shape index (κ2) is 3.91. The molecule has 1 aliphatic heterocycles. The van der Waals surface area contributed by atoms with Gasteiger partial charge in [-0.1, -0.05) is 0 Å². The van der Waals surface area contributed by atoms with Gasteiger partial charge in [0.25, 0.3) is 0 Å². The number of rotatable bonds is 4. The van der Waals surface area contributed by atoms with Crippen LogP contribution in [0.25, 0.3) is 0 Å². The van der Waals surface area contributed by atoms with E-state index in [1.807, 2.05) is 0 Å². The zero-order valence-corrected chi connectivity index (χ0v) is 10.9. The Kier molecular flexibility index (Phi) is 2.33. The molecule has 0 unspecified atom stereocenters. The predicted molar refractivity (Wildman–Crippen MR) is 68.8 cm³/mol. The zero-order valence-electron chi connectivity index (χ0n) is 10.1. The van der Waals surface area contributed by atoms with E-state index in [2.05, 4.69) is 19.6 Å². The molecule has 1 N–H and O–H groups in total. The number of hydrogen-bond acceptors (Lipinski definition) is 5. The van der Waals surface area contributed by atoms with Crippen LogP contribution in [0, 0.1) is 5.92 Å². The van der Waals surface area contributed by atoms with Gasteiger partial charge in [-0.15, -0.1) is 0 Å². The highest BCUT2D eigenvalue weighted by Gasteiger charge is 2.36. The first-order chi connectivity index (χ1) is 8.79. The number of hydrogen-bond donors (Lipinski definition) is 1. The summed E-state index contributed by atoms with van der Waals surface area (Å²) in [6.07, 6.45) is 4.64. The van der Waals surface area contributed by atoms with E-state index < -0.39 is 0 Å². The summed E-state index contributed by atoms with van der Waals surface area (Å²) in [5.41, 5.74) is 0. The molecule has 0 atom stereocenters. The Hall–Kier alpha value is -1.17. The molecule has 0 aromatic carbocycles. The Bertz CT molecular complexity index is 474. The van der Waals surface area contributed by atoms with E-state index >= 15 is 0 Å². The molecule has 4 rings (SSSR count). The number of anilines is 1. The van der Waals surface area contributed by atoms with Gasteiger partial charge in [-0.3, -0.25) is 4.79 Å². The topological polar surface area (TPSA) is 58.1 Å². The molecule has 3 aliphatic rings. The molecule has 2 heterocycles. The van der Waals surface area contributed by atoms with Crippen LogP contribution in [0.5, 0.6) is 0 Å². The number of carbonyl (C=O) groups excluding carboxylic acids is 1. The van der Waals surface area contributed by atoms with Crippen LogP contribution in [0.2, 0.25) is 0 Å². The Morgan fingerprint density at radius 3 is 2.72 bits per heavy atom. The van der Waals surface area contributed by atoms with Gasteiger partial charge in [-0.25, -0.2) is 4.98 Å². The van der Waals surface area contributed by atoms with Gasteiger partial charge in [0.1, 0.15) is 5.82 Å². The van der Waals surface area contributed by atoms with Crippen molar-refractivity contribution in [1.29, 1.82) is 0 Å². The summed E-state index contributed by atoms with van der Waals surface area (Å²) >= 11 is 1.49. The molecule has 1 saturated heterocycles. The minimum Gasteiger partial charge on any atom is -0.350 e. The molecule has 1 amide bonds. The molecule has 0 radical (unpaired) electrons. The van der Waals surface area contributed by atoms with Crippen molar-refractivity contribution >= 4 is 22.6 Å². The van der Waals surface area contributed by atoms with Crippen molar-refractivity contribution in [1.82, 2.24) is 14.7 Å². The normalized spacial score (nSPS) is 23.9. The first-order valence-electron chi connectivity index (χ1n) is 6.68. The maximum Gasteiger partial charge on any atom is 0.223 e. The van der Waals surface area contributed by atoms with Gasteiger partial charge in [-0.05, 0) is 25.7 Å². The van der Waals surface area contributed by atoms with Crippen molar-refractivity contribution in [2.45, 2.75) is 37.6 Å². The average Bonchev–Trinajstić information content (AvgIpc) is 3.20. The Labute approximate surface area is 110 Å². The molecule has 2 saturated carbocycles. The lowest BCUT2D eigenvalue weighted by atomic mass is 10.1. The predicted octanol–water partition coefficient (Wildman–Crippen LogP) is 1.13. The molecule has 96 valence electrons. The van der Waals surface area contributed by atoms with Gasteiger partial charge in [0.15, 0.2) is 0 Å². The fraction of sp³-hybridized carbons (Fsp3) is 0.750. The van der Waals surface area contributed by atoms with Crippen LogP contribution in [0.1, 0.15) is 37.4 Å². The number of nitrogens with zero attached hydrogens (tertiary/aromatic N) is 3. The van der Waals surface area contributed by atoms with Crippen molar-refractivity contribution in [3.63, 3.8) is 0 Å². The smallest absolute Gasteiger partial charge is 0.223 e. The Morgan fingerprint density at radius 2 is 2.06 bits per heavy atom. The van der Waals surface area contributed by atoms with Crippen LogP contribution in [0.15, 0.2) is 0 Å². The SMILES string of the molecule is O=C(NC1CN(c2nc(C3CC3)ns2)C1)C1CC1. The molecule has 0 bridgehead atoms. The van der Waals surface area contributed by atoms with Gasteiger partial charge < -0.3 is 10.2 Å². The highest BCUT2D eigenvalue weighted by atomic mass is 32.1. The average molecular weight is 264 g/mol. The monoisotopic (exact) mass is 264 g/mol. The first-order valence-corrected chi connectivity index (χ1v) is 7.46. The molecule has 1 aromatic heterocycles. The standard InChI is InChI=1S/C12H16N4OS/c17-11(8-3-4-8)13-9-5-16(6-9)12-14-10(15-18-12)7-1-2-7/h7-9H,1-6H2,(H,13,17). The highest BCUT2D eigenvalue weighted by Crippen LogP contribution is 2.40. The maximum atomic E-state index is 11.6. The van der Waals surface area contributed by atoms with Crippen LogP contribution < -0.4 is 10.2 Å². The summed E-state index contributed by atoms with van der Waals surface area (Å²) in [5, 5.41) is 4.12. The van der Waals surface area contributed by atoms with Gasteiger partial charge in [0.05, 0.1) is 6.04 Å². The van der Waals surface area contributed by atoms with Crippen LogP contribution in [-0.2, 0) is 4.79 Å². The van der Waals surface area contributed by atoms with E-state index in [-0.39, 0.29) is 5.91 Å². The second-order valence-corrected chi connectivity index (χ2v) is 6.32. The number of carbonyl (C=O) groups is 1. The summed E-state index contributed by atoms with van der Waals surface area (Å²) in [7, 11) is 0. The lowest BCUT2D eigenvalue weighted by Gasteiger charge is -2.39. The van der Waals surface area contributed by atoms with Crippen LogP contribution in [0.4, 0.5) is 5.13 Å². The van der Waals surface area contributed by atoms with Gasteiger partial charge in [0, 0.05) is 36.5 Å². The zero-order chi connectivity index (χ0) is 12.1. The van der Waals surface area contributed by atoms with Gasteiger partial charge >= 0.3 is 0 Å². The van der Waals surface area contributed by atoms with E-state index in [1.165, 1.54) is 24.4 Å². The number of amides is 1. The van der Waals surface area contributed by atoms with Gasteiger partial charge in [0.2, 0.25) is 11.0 Å². The quantitative estimate of drug-likeness (QED) is 0.885. The summed E-state index contributed by atoms with van der Waals surface area (Å²) in [4.78, 5) is 18.4. The molecular formula is C12H16N4OS. The third-order valence-electron chi connectivity index (χ3n) is 3.82. The highest BCUT2D eigenvalue weighted by molar-refractivity contribution is 7.09. The molecule has 6 heteroatoms. The molecule has 0 spiro atoms. The van der Waals surface area contributed by atoms with E-state index in [0.29, 0.717) is 17.9 Å². The van der Waals surface area contributed by atoms with Crippen molar-refractivity contribution in [2.24, 2.45) is 5.92 Å². The molecule has 5 nitrogen and oxygen atoms in total. The van der Waals surface area contributed by atoms with Crippen molar-refractivity contribution in [3.8, 4) is 0 Å². The molecular weight excluding hydrogens is 248 g/mol. The lowest BCUT2D eigenvalue weighted by molar-refractivity contribution is -0.123. The second-order valence-electron chi connectivity index (χ2n) is 5.59. The van der Waals surface area contributed by atoms with E-state index in [1.54, 1.807) is 0 Å². The summed E-state index contributed by atoms with van der Waals surface area (Å²) in [6.45, 7) is 1.77. The maximum absolute atomic E-state index is 11.6. The largest absolute Gasteiger partial charge is 0.350 e. The van der Waals surface area contributed by atoms with Crippen molar-refractivity contribution < 1.29 is 4.79 Å².